The Balaban J connectivity index is 2.48. The third kappa shape index (κ3) is 3.63. The lowest BCUT2D eigenvalue weighted by Gasteiger charge is -2.03. The van der Waals surface area contributed by atoms with Crippen LogP contribution in [0.2, 0.25) is 0 Å². The maximum Gasteiger partial charge on any atom is 0.340 e. The fraction of sp³-hybridized carbons (Fsp3) is 0.300. The van der Waals surface area contributed by atoms with Gasteiger partial charge in [-0.05, 0) is 53.8 Å². The average Bonchev–Trinajstić information content (AvgIpc) is 2.19. The van der Waals surface area contributed by atoms with E-state index < -0.39 is 0 Å². The molecular formula is C10H11IO3. The summed E-state index contributed by atoms with van der Waals surface area (Å²) in [4.78, 5) is 11.3. The van der Waals surface area contributed by atoms with Crippen LogP contribution in [-0.2, 0) is 9.47 Å². The minimum absolute atomic E-state index is 0.0152. The molecule has 0 saturated carbocycles. The molecule has 0 aliphatic carbocycles. The molecule has 4 heteroatoms. The summed E-state index contributed by atoms with van der Waals surface area (Å²) in [5, 5.41) is 0. The summed E-state index contributed by atoms with van der Waals surface area (Å²) >= 11 is 2.18. The van der Waals surface area contributed by atoms with E-state index >= 15 is 0 Å². The molecule has 0 aromatic heterocycles. The molecule has 1 rings (SSSR count). The number of benzene rings is 1. The minimum atomic E-state index is -0.352. The van der Waals surface area contributed by atoms with Gasteiger partial charge in [0.2, 0.25) is 0 Å². The molecule has 0 heterocycles. The van der Waals surface area contributed by atoms with E-state index in [-0.39, 0.29) is 12.8 Å². The topological polar surface area (TPSA) is 35.5 Å². The molecule has 0 N–H and O–H groups in total. The van der Waals surface area contributed by atoms with E-state index in [0.717, 1.165) is 3.57 Å². The summed E-state index contributed by atoms with van der Waals surface area (Å²) in [6, 6.07) is 7.18. The number of hydrogen-bond acceptors (Lipinski definition) is 3. The van der Waals surface area contributed by atoms with Crippen molar-refractivity contribution < 1.29 is 14.3 Å². The Hall–Kier alpha value is -0.620. The molecule has 1 aromatic rings. The van der Waals surface area contributed by atoms with Crippen molar-refractivity contribution in [2.45, 2.75) is 6.92 Å². The minimum Gasteiger partial charge on any atom is -0.435 e. The smallest absolute Gasteiger partial charge is 0.340 e. The van der Waals surface area contributed by atoms with Gasteiger partial charge in [0.1, 0.15) is 0 Å². The van der Waals surface area contributed by atoms with E-state index in [0.29, 0.717) is 12.2 Å². The predicted octanol–water partition coefficient (Wildman–Crippen LogP) is 2.44. The molecule has 0 aliphatic heterocycles. The standard InChI is InChI=1S/C10H11IO3/c1-2-13-7-14-10(12)8-3-5-9(11)6-4-8/h3-6H,2,7H2,1H3. The summed E-state index contributed by atoms with van der Waals surface area (Å²) in [5.74, 6) is -0.352. The Morgan fingerprint density at radius 1 is 1.36 bits per heavy atom. The Labute approximate surface area is 96.5 Å². The number of ether oxygens (including phenoxy) is 2. The summed E-state index contributed by atoms with van der Waals surface area (Å²) < 4.78 is 10.8. The van der Waals surface area contributed by atoms with Crippen LogP contribution >= 0.6 is 22.6 Å². The van der Waals surface area contributed by atoms with Crippen LogP contribution in [0, 0.1) is 3.57 Å². The molecule has 3 nitrogen and oxygen atoms in total. The maximum absolute atomic E-state index is 11.3. The number of carbonyl (C=O) groups excluding carboxylic acids is 1. The van der Waals surface area contributed by atoms with Crippen LogP contribution < -0.4 is 0 Å². The molecule has 0 radical (unpaired) electrons. The van der Waals surface area contributed by atoms with E-state index in [1.165, 1.54) is 0 Å². The number of carbonyl (C=O) groups is 1. The van der Waals surface area contributed by atoms with Gasteiger partial charge in [-0.3, -0.25) is 0 Å². The molecular weight excluding hydrogens is 295 g/mol. The average molecular weight is 306 g/mol. The number of halogens is 1. The molecule has 76 valence electrons. The molecule has 1 aromatic carbocycles. The van der Waals surface area contributed by atoms with Crippen LogP contribution in [0.5, 0.6) is 0 Å². The van der Waals surface area contributed by atoms with Crippen molar-refractivity contribution in [2.75, 3.05) is 13.4 Å². The van der Waals surface area contributed by atoms with Crippen molar-refractivity contribution in [1.29, 1.82) is 0 Å². The van der Waals surface area contributed by atoms with Crippen molar-refractivity contribution in [3.63, 3.8) is 0 Å². The Bertz CT molecular complexity index is 295. The molecule has 0 spiro atoms. The van der Waals surface area contributed by atoms with Crippen molar-refractivity contribution in [3.8, 4) is 0 Å². The summed E-state index contributed by atoms with van der Waals surface area (Å²) in [7, 11) is 0. The van der Waals surface area contributed by atoms with Gasteiger partial charge in [-0.25, -0.2) is 4.79 Å². The van der Waals surface area contributed by atoms with E-state index in [4.69, 9.17) is 9.47 Å². The fourth-order valence-corrected chi connectivity index (χ4v) is 1.21. The Kier molecular flexibility index (Phi) is 4.89. The molecule has 0 saturated heterocycles. The van der Waals surface area contributed by atoms with E-state index in [1.54, 1.807) is 12.1 Å². The maximum atomic E-state index is 11.3. The van der Waals surface area contributed by atoms with Gasteiger partial charge in [-0.15, -0.1) is 0 Å². The molecule has 0 atom stereocenters. The van der Waals surface area contributed by atoms with Crippen LogP contribution in [-0.4, -0.2) is 19.4 Å². The van der Waals surface area contributed by atoms with Crippen molar-refractivity contribution in [2.24, 2.45) is 0 Å². The Morgan fingerprint density at radius 2 is 2.00 bits per heavy atom. The predicted molar refractivity (Wildman–Crippen MR) is 61.1 cm³/mol. The molecule has 0 unspecified atom stereocenters. The quantitative estimate of drug-likeness (QED) is 0.371. The lowest BCUT2D eigenvalue weighted by atomic mass is 10.2. The van der Waals surface area contributed by atoms with Crippen LogP contribution in [0.25, 0.3) is 0 Å². The molecule has 0 aliphatic rings. The highest BCUT2D eigenvalue weighted by Gasteiger charge is 2.05. The van der Waals surface area contributed by atoms with Gasteiger partial charge in [-0.2, -0.15) is 0 Å². The number of hydrogen-bond donors (Lipinski definition) is 0. The SMILES string of the molecule is CCOCOC(=O)c1ccc(I)cc1. The first-order chi connectivity index (χ1) is 6.74. The molecule has 0 amide bonds. The van der Waals surface area contributed by atoms with E-state index in [9.17, 15) is 4.79 Å². The van der Waals surface area contributed by atoms with Crippen LogP contribution in [0.3, 0.4) is 0 Å². The van der Waals surface area contributed by atoms with Crippen LogP contribution in [0.1, 0.15) is 17.3 Å². The first-order valence-electron chi connectivity index (χ1n) is 4.24. The normalized spacial score (nSPS) is 9.86. The van der Waals surface area contributed by atoms with Crippen LogP contribution in [0.15, 0.2) is 24.3 Å². The largest absolute Gasteiger partial charge is 0.435 e. The summed E-state index contributed by atoms with van der Waals surface area (Å²) in [6.07, 6.45) is 0. The van der Waals surface area contributed by atoms with Gasteiger partial charge < -0.3 is 9.47 Å². The second-order valence-electron chi connectivity index (χ2n) is 2.55. The zero-order valence-electron chi connectivity index (χ0n) is 7.83. The number of esters is 1. The van der Waals surface area contributed by atoms with Gasteiger partial charge in [-0.1, -0.05) is 0 Å². The second kappa shape index (κ2) is 5.98. The molecule has 14 heavy (non-hydrogen) atoms. The summed E-state index contributed by atoms with van der Waals surface area (Å²) in [5.41, 5.74) is 0.546. The zero-order chi connectivity index (χ0) is 10.4. The molecule has 0 bridgehead atoms. The molecule has 0 fully saturated rings. The highest BCUT2D eigenvalue weighted by Crippen LogP contribution is 2.07. The Morgan fingerprint density at radius 3 is 2.57 bits per heavy atom. The van der Waals surface area contributed by atoms with Gasteiger partial charge in [0.15, 0.2) is 6.79 Å². The van der Waals surface area contributed by atoms with Crippen molar-refractivity contribution >= 4 is 28.6 Å². The summed E-state index contributed by atoms with van der Waals surface area (Å²) in [6.45, 7) is 2.40. The fourth-order valence-electron chi connectivity index (χ4n) is 0.848. The van der Waals surface area contributed by atoms with Crippen molar-refractivity contribution in [1.82, 2.24) is 0 Å². The van der Waals surface area contributed by atoms with E-state index in [1.807, 2.05) is 19.1 Å². The highest BCUT2D eigenvalue weighted by atomic mass is 127. The second-order valence-corrected chi connectivity index (χ2v) is 3.79. The monoisotopic (exact) mass is 306 g/mol. The first-order valence-corrected chi connectivity index (χ1v) is 5.32. The number of rotatable bonds is 4. The zero-order valence-corrected chi connectivity index (χ0v) is 9.98. The third-order valence-electron chi connectivity index (χ3n) is 1.56. The van der Waals surface area contributed by atoms with Gasteiger partial charge in [0, 0.05) is 10.2 Å². The highest BCUT2D eigenvalue weighted by molar-refractivity contribution is 14.1. The third-order valence-corrected chi connectivity index (χ3v) is 2.28. The van der Waals surface area contributed by atoms with Crippen LogP contribution in [0.4, 0.5) is 0 Å². The lowest BCUT2D eigenvalue weighted by Crippen LogP contribution is -2.08. The van der Waals surface area contributed by atoms with Crippen molar-refractivity contribution in [3.05, 3.63) is 33.4 Å². The van der Waals surface area contributed by atoms with Gasteiger partial charge >= 0.3 is 5.97 Å². The first kappa shape index (κ1) is 11.5. The van der Waals surface area contributed by atoms with Gasteiger partial charge in [0.05, 0.1) is 5.56 Å². The van der Waals surface area contributed by atoms with Gasteiger partial charge in [0.25, 0.3) is 0 Å². The lowest BCUT2D eigenvalue weighted by molar-refractivity contribution is -0.0274. The van der Waals surface area contributed by atoms with E-state index in [2.05, 4.69) is 22.6 Å².